The van der Waals surface area contributed by atoms with Crippen LogP contribution in [0.4, 0.5) is 0 Å². The Bertz CT molecular complexity index is 558. The predicted molar refractivity (Wildman–Crippen MR) is 79.4 cm³/mol. The van der Waals surface area contributed by atoms with Crippen LogP contribution in [-0.4, -0.2) is 6.54 Å². The summed E-state index contributed by atoms with van der Waals surface area (Å²) in [6.45, 7) is 0.871. The zero-order valence-electron chi connectivity index (χ0n) is 10.3. The molecule has 98 valence electrons. The lowest BCUT2D eigenvalue weighted by Gasteiger charge is -2.31. The Morgan fingerprint density at radius 1 is 0.895 bits per heavy atom. The van der Waals surface area contributed by atoms with Crippen LogP contribution in [0.2, 0.25) is 10.0 Å². The highest BCUT2D eigenvalue weighted by Gasteiger charge is 2.40. The van der Waals surface area contributed by atoms with Crippen LogP contribution < -0.4 is 10.9 Å². The van der Waals surface area contributed by atoms with Crippen LogP contribution in [0.5, 0.6) is 0 Å². The first-order chi connectivity index (χ1) is 9.24. The maximum atomic E-state index is 6.40. The number of rotatable bonds is 2. The van der Waals surface area contributed by atoms with Crippen molar-refractivity contribution in [2.24, 2.45) is 0 Å². The van der Waals surface area contributed by atoms with Gasteiger partial charge in [-0.15, -0.1) is 0 Å². The molecule has 1 unspecified atom stereocenters. The van der Waals surface area contributed by atoms with Gasteiger partial charge in [0.1, 0.15) is 0 Å². The molecule has 3 rings (SSSR count). The topological polar surface area (TPSA) is 24.1 Å². The second kappa shape index (κ2) is 5.14. The average Bonchev–Trinajstić information content (AvgIpc) is 2.90. The zero-order chi connectivity index (χ0) is 13.3. The molecule has 1 heterocycles. The van der Waals surface area contributed by atoms with Crippen LogP contribution in [0.15, 0.2) is 48.5 Å². The van der Waals surface area contributed by atoms with Gasteiger partial charge < -0.3 is 0 Å². The highest BCUT2D eigenvalue weighted by molar-refractivity contribution is 6.36. The van der Waals surface area contributed by atoms with Crippen molar-refractivity contribution < 1.29 is 0 Å². The van der Waals surface area contributed by atoms with E-state index in [1.165, 1.54) is 0 Å². The Morgan fingerprint density at radius 3 is 2.16 bits per heavy atom. The Hall–Kier alpha value is -1.06. The predicted octanol–water partition coefficient (Wildman–Crippen LogP) is 3.73. The summed E-state index contributed by atoms with van der Waals surface area (Å²) < 4.78 is 0. The van der Waals surface area contributed by atoms with E-state index in [2.05, 4.69) is 23.0 Å². The molecule has 1 aliphatic rings. The summed E-state index contributed by atoms with van der Waals surface area (Å²) >= 11 is 12.8. The molecule has 2 aromatic carbocycles. The molecule has 19 heavy (non-hydrogen) atoms. The molecule has 1 atom stereocenters. The SMILES string of the molecule is Clc1cccc(Cl)c1C1(c2ccccc2)CCNN1. The van der Waals surface area contributed by atoms with Gasteiger partial charge in [0.25, 0.3) is 0 Å². The molecule has 4 heteroatoms. The van der Waals surface area contributed by atoms with Crippen molar-refractivity contribution in [1.82, 2.24) is 10.9 Å². The molecular weight excluding hydrogens is 279 g/mol. The summed E-state index contributed by atoms with van der Waals surface area (Å²) in [5.74, 6) is 0. The first-order valence-electron chi connectivity index (χ1n) is 6.24. The van der Waals surface area contributed by atoms with Crippen LogP contribution in [0, 0.1) is 0 Å². The largest absolute Gasteiger partial charge is 0.257 e. The van der Waals surface area contributed by atoms with Gasteiger partial charge in [-0.05, 0) is 24.1 Å². The molecule has 1 fully saturated rings. The van der Waals surface area contributed by atoms with Crippen molar-refractivity contribution >= 4 is 23.2 Å². The van der Waals surface area contributed by atoms with E-state index in [4.69, 9.17) is 23.2 Å². The van der Waals surface area contributed by atoms with E-state index in [0.29, 0.717) is 10.0 Å². The van der Waals surface area contributed by atoms with Gasteiger partial charge in [-0.3, -0.25) is 5.43 Å². The maximum absolute atomic E-state index is 6.40. The van der Waals surface area contributed by atoms with E-state index in [1.807, 2.05) is 36.4 Å². The fourth-order valence-corrected chi connectivity index (χ4v) is 3.42. The maximum Gasteiger partial charge on any atom is 0.0862 e. The monoisotopic (exact) mass is 292 g/mol. The lowest BCUT2D eigenvalue weighted by molar-refractivity contribution is 0.444. The van der Waals surface area contributed by atoms with Crippen LogP contribution in [-0.2, 0) is 5.54 Å². The summed E-state index contributed by atoms with van der Waals surface area (Å²) in [4.78, 5) is 0. The number of hydrazine groups is 1. The number of benzene rings is 2. The minimum Gasteiger partial charge on any atom is -0.257 e. The number of halogens is 2. The van der Waals surface area contributed by atoms with Crippen molar-refractivity contribution in [3.63, 3.8) is 0 Å². The second-order valence-electron chi connectivity index (χ2n) is 4.67. The zero-order valence-corrected chi connectivity index (χ0v) is 11.8. The molecule has 0 saturated carbocycles. The lowest BCUT2D eigenvalue weighted by Crippen LogP contribution is -2.42. The first kappa shape index (κ1) is 12.9. The summed E-state index contributed by atoms with van der Waals surface area (Å²) in [5.41, 5.74) is 8.30. The highest BCUT2D eigenvalue weighted by atomic mass is 35.5. The van der Waals surface area contributed by atoms with Crippen LogP contribution in [0.1, 0.15) is 17.5 Å². The van der Waals surface area contributed by atoms with Crippen molar-refractivity contribution in [2.75, 3.05) is 6.54 Å². The normalized spacial score (nSPS) is 22.6. The Kier molecular flexibility index (Phi) is 3.50. The Morgan fingerprint density at radius 2 is 1.58 bits per heavy atom. The van der Waals surface area contributed by atoms with E-state index in [9.17, 15) is 0 Å². The van der Waals surface area contributed by atoms with Gasteiger partial charge in [0.05, 0.1) is 5.54 Å². The van der Waals surface area contributed by atoms with E-state index in [1.54, 1.807) is 0 Å². The third kappa shape index (κ3) is 2.15. The van der Waals surface area contributed by atoms with Gasteiger partial charge in [-0.25, -0.2) is 5.43 Å². The smallest absolute Gasteiger partial charge is 0.0862 e. The molecule has 1 aliphatic heterocycles. The standard InChI is InChI=1S/C15H14Cl2N2/c16-12-7-4-8-13(17)14(12)15(9-10-18-19-15)11-5-2-1-3-6-11/h1-8,18-19H,9-10H2. The molecule has 0 aromatic heterocycles. The third-order valence-electron chi connectivity index (χ3n) is 3.58. The van der Waals surface area contributed by atoms with Crippen LogP contribution in [0.3, 0.4) is 0 Å². The fraction of sp³-hybridized carbons (Fsp3) is 0.200. The molecule has 2 aromatic rings. The minimum absolute atomic E-state index is 0.364. The fourth-order valence-electron chi connectivity index (χ4n) is 2.70. The number of nitrogens with one attached hydrogen (secondary N) is 2. The van der Waals surface area contributed by atoms with Crippen molar-refractivity contribution in [3.8, 4) is 0 Å². The number of hydrogen-bond acceptors (Lipinski definition) is 2. The molecule has 0 radical (unpaired) electrons. The summed E-state index contributed by atoms with van der Waals surface area (Å²) in [6.07, 6.45) is 0.903. The summed E-state index contributed by atoms with van der Waals surface area (Å²) in [5, 5.41) is 1.38. The molecule has 0 aliphatic carbocycles. The van der Waals surface area contributed by atoms with E-state index in [0.717, 1.165) is 24.1 Å². The van der Waals surface area contributed by atoms with E-state index < -0.39 is 0 Å². The molecule has 2 N–H and O–H groups in total. The highest BCUT2D eigenvalue weighted by Crippen LogP contribution is 2.42. The first-order valence-corrected chi connectivity index (χ1v) is 7.00. The van der Waals surface area contributed by atoms with Gasteiger partial charge in [0.2, 0.25) is 0 Å². The van der Waals surface area contributed by atoms with Gasteiger partial charge in [-0.1, -0.05) is 59.6 Å². The molecule has 2 nitrogen and oxygen atoms in total. The van der Waals surface area contributed by atoms with Crippen molar-refractivity contribution in [1.29, 1.82) is 0 Å². The second-order valence-corrected chi connectivity index (χ2v) is 5.48. The Balaban J connectivity index is 2.22. The van der Waals surface area contributed by atoms with Gasteiger partial charge >= 0.3 is 0 Å². The van der Waals surface area contributed by atoms with Gasteiger partial charge in [-0.2, -0.15) is 0 Å². The number of hydrogen-bond donors (Lipinski definition) is 2. The third-order valence-corrected chi connectivity index (χ3v) is 4.21. The van der Waals surface area contributed by atoms with E-state index >= 15 is 0 Å². The van der Waals surface area contributed by atoms with Crippen molar-refractivity contribution in [3.05, 3.63) is 69.7 Å². The Labute approximate surface area is 122 Å². The van der Waals surface area contributed by atoms with Crippen LogP contribution in [0.25, 0.3) is 0 Å². The molecule has 1 saturated heterocycles. The van der Waals surface area contributed by atoms with Crippen molar-refractivity contribution in [2.45, 2.75) is 12.0 Å². The molecular formula is C15H14Cl2N2. The van der Waals surface area contributed by atoms with Gasteiger partial charge in [0, 0.05) is 22.2 Å². The average molecular weight is 293 g/mol. The van der Waals surface area contributed by atoms with E-state index in [-0.39, 0.29) is 5.54 Å². The molecule has 0 spiro atoms. The molecule has 0 amide bonds. The van der Waals surface area contributed by atoms with Gasteiger partial charge in [0.15, 0.2) is 0 Å². The molecule has 0 bridgehead atoms. The van der Waals surface area contributed by atoms with Crippen LogP contribution >= 0.6 is 23.2 Å². The quantitative estimate of drug-likeness (QED) is 0.881. The minimum atomic E-state index is -0.364. The summed E-state index contributed by atoms with van der Waals surface area (Å²) in [7, 11) is 0. The summed E-state index contributed by atoms with van der Waals surface area (Å²) in [6, 6.07) is 15.9. The lowest BCUT2D eigenvalue weighted by atomic mass is 9.81.